The lowest BCUT2D eigenvalue weighted by atomic mass is 10.1. The molecule has 4 nitrogen and oxygen atoms in total. The Bertz CT molecular complexity index is 452. The molecule has 1 fully saturated rings. The highest BCUT2D eigenvalue weighted by Crippen LogP contribution is 2.23. The second kappa shape index (κ2) is 4.72. The highest BCUT2D eigenvalue weighted by Gasteiger charge is 2.28. The third-order valence-electron chi connectivity index (χ3n) is 3.26. The Morgan fingerprint density at radius 3 is 2.88 bits per heavy atom. The zero-order chi connectivity index (χ0) is 12.4. The lowest BCUT2D eigenvalue weighted by molar-refractivity contribution is 0.118. The van der Waals surface area contributed by atoms with Gasteiger partial charge in [0.15, 0.2) is 0 Å². The monoisotopic (exact) mass is 231 g/mol. The lowest BCUT2D eigenvalue weighted by Crippen LogP contribution is -2.37. The number of nitrogens with zero attached hydrogens (tertiary/aromatic N) is 3. The highest BCUT2D eigenvalue weighted by atomic mass is 16.5. The smallest absolute Gasteiger partial charge is 0.130 e. The Labute approximate surface area is 102 Å². The fourth-order valence-corrected chi connectivity index (χ4v) is 2.30. The molecule has 1 aromatic heterocycles. The van der Waals surface area contributed by atoms with E-state index in [-0.39, 0.29) is 6.10 Å². The zero-order valence-electron chi connectivity index (χ0n) is 10.5. The first-order chi connectivity index (χ1) is 8.11. The van der Waals surface area contributed by atoms with Crippen LogP contribution in [0, 0.1) is 18.3 Å². The summed E-state index contributed by atoms with van der Waals surface area (Å²) in [5.74, 6) is 0.851. The van der Waals surface area contributed by atoms with E-state index in [0.29, 0.717) is 11.6 Å². The minimum absolute atomic E-state index is 0.216. The first kappa shape index (κ1) is 11.9. The molecule has 0 saturated carbocycles. The first-order valence-corrected chi connectivity index (χ1v) is 5.85. The molecule has 4 heteroatoms. The van der Waals surface area contributed by atoms with Crippen LogP contribution in [0.2, 0.25) is 0 Å². The number of aromatic nitrogens is 1. The van der Waals surface area contributed by atoms with Crippen molar-refractivity contribution >= 4 is 5.82 Å². The Balaban J connectivity index is 2.27. The fraction of sp³-hybridized carbons (Fsp3) is 0.538. The molecule has 0 radical (unpaired) electrons. The standard InChI is InChI=1S/C13H17N3O/c1-9-6-11(8-14)7-13(15-9)16(3)12-4-5-17-10(12)2/h6-7,10,12H,4-5H2,1-3H3. The summed E-state index contributed by atoms with van der Waals surface area (Å²) in [6.07, 6.45) is 1.22. The van der Waals surface area contributed by atoms with Crippen LogP contribution in [0.15, 0.2) is 12.1 Å². The average molecular weight is 231 g/mol. The van der Waals surface area contributed by atoms with Crippen LogP contribution in [0.25, 0.3) is 0 Å². The molecule has 1 aliphatic rings. The molecular formula is C13H17N3O. The third-order valence-corrected chi connectivity index (χ3v) is 3.26. The van der Waals surface area contributed by atoms with E-state index < -0.39 is 0 Å². The molecule has 90 valence electrons. The van der Waals surface area contributed by atoms with Crippen LogP contribution in [0.3, 0.4) is 0 Å². The summed E-state index contributed by atoms with van der Waals surface area (Å²) in [5.41, 5.74) is 1.53. The quantitative estimate of drug-likeness (QED) is 0.779. The SMILES string of the molecule is Cc1cc(C#N)cc(N(C)C2CCOC2C)n1. The molecule has 0 amide bonds. The number of anilines is 1. The van der Waals surface area contributed by atoms with Gasteiger partial charge in [0, 0.05) is 19.3 Å². The predicted octanol–water partition coefficient (Wildman–Crippen LogP) is 1.88. The Hall–Kier alpha value is -1.60. The van der Waals surface area contributed by atoms with Crippen LogP contribution in [-0.4, -0.2) is 30.8 Å². The molecule has 0 aliphatic carbocycles. The van der Waals surface area contributed by atoms with Crippen LogP contribution in [0.4, 0.5) is 5.82 Å². The highest BCUT2D eigenvalue weighted by molar-refractivity contribution is 5.47. The molecule has 2 rings (SSSR count). The van der Waals surface area contributed by atoms with Gasteiger partial charge in [-0.3, -0.25) is 0 Å². The van der Waals surface area contributed by atoms with Gasteiger partial charge in [-0.25, -0.2) is 4.98 Å². The van der Waals surface area contributed by atoms with E-state index in [2.05, 4.69) is 22.9 Å². The van der Waals surface area contributed by atoms with Crippen LogP contribution in [0.5, 0.6) is 0 Å². The van der Waals surface area contributed by atoms with Gasteiger partial charge in [-0.1, -0.05) is 0 Å². The van der Waals surface area contributed by atoms with E-state index in [1.165, 1.54) is 0 Å². The zero-order valence-corrected chi connectivity index (χ0v) is 10.5. The maximum absolute atomic E-state index is 8.96. The molecule has 2 unspecified atom stereocenters. The summed E-state index contributed by atoms with van der Waals surface area (Å²) in [6, 6.07) is 6.14. The summed E-state index contributed by atoms with van der Waals surface area (Å²) >= 11 is 0. The number of aryl methyl sites for hydroxylation is 1. The number of pyridine rings is 1. The Morgan fingerprint density at radius 2 is 2.29 bits per heavy atom. The van der Waals surface area contributed by atoms with Gasteiger partial charge < -0.3 is 9.64 Å². The minimum atomic E-state index is 0.216. The van der Waals surface area contributed by atoms with Gasteiger partial charge in [-0.15, -0.1) is 0 Å². The minimum Gasteiger partial charge on any atom is -0.376 e. The van der Waals surface area contributed by atoms with Crippen molar-refractivity contribution in [2.24, 2.45) is 0 Å². The van der Waals surface area contributed by atoms with E-state index in [9.17, 15) is 0 Å². The number of rotatable bonds is 2. The molecule has 0 bridgehead atoms. The van der Waals surface area contributed by atoms with E-state index in [0.717, 1.165) is 24.5 Å². The van der Waals surface area contributed by atoms with Gasteiger partial charge in [0.2, 0.25) is 0 Å². The maximum Gasteiger partial charge on any atom is 0.130 e. The second-order valence-electron chi connectivity index (χ2n) is 4.51. The van der Waals surface area contributed by atoms with Crippen molar-refractivity contribution < 1.29 is 4.74 Å². The number of hydrogen-bond acceptors (Lipinski definition) is 4. The Morgan fingerprint density at radius 1 is 1.53 bits per heavy atom. The lowest BCUT2D eigenvalue weighted by Gasteiger charge is -2.28. The van der Waals surface area contributed by atoms with Gasteiger partial charge in [-0.2, -0.15) is 5.26 Å². The van der Waals surface area contributed by atoms with E-state index >= 15 is 0 Å². The van der Waals surface area contributed by atoms with Crippen molar-refractivity contribution in [1.82, 2.24) is 4.98 Å². The fourth-order valence-electron chi connectivity index (χ4n) is 2.30. The maximum atomic E-state index is 8.96. The van der Waals surface area contributed by atoms with E-state index in [1.807, 2.05) is 20.0 Å². The molecule has 2 heterocycles. The molecule has 1 aliphatic heterocycles. The molecule has 1 aromatic rings. The van der Waals surface area contributed by atoms with Crippen molar-refractivity contribution in [2.45, 2.75) is 32.4 Å². The van der Waals surface area contributed by atoms with Crippen molar-refractivity contribution in [3.63, 3.8) is 0 Å². The molecule has 0 N–H and O–H groups in total. The molecule has 17 heavy (non-hydrogen) atoms. The van der Waals surface area contributed by atoms with Crippen molar-refractivity contribution in [2.75, 3.05) is 18.6 Å². The van der Waals surface area contributed by atoms with Crippen molar-refractivity contribution in [3.05, 3.63) is 23.4 Å². The normalized spacial score (nSPS) is 23.4. The molecule has 0 spiro atoms. The van der Waals surface area contributed by atoms with E-state index in [4.69, 9.17) is 10.00 Å². The van der Waals surface area contributed by atoms with E-state index in [1.54, 1.807) is 6.07 Å². The second-order valence-corrected chi connectivity index (χ2v) is 4.51. The number of ether oxygens (including phenoxy) is 1. The van der Waals surface area contributed by atoms with Gasteiger partial charge in [0.05, 0.1) is 23.8 Å². The first-order valence-electron chi connectivity index (χ1n) is 5.85. The molecule has 1 saturated heterocycles. The van der Waals surface area contributed by atoms with Gasteiger partial charge in [0.25, 0.3) is 0 Å². The Kier molecular flexibility index (Phi) is 3.30. The van der Waals surface area contributed by atoms with Gasteiger partial charge in [0.1, 0.15) is 5.82 Å². The van der Waals surface area contributed by atoms with Crippen LogP contribution < -0.4 is 4.90 Å². The third kappa shape index (κ3) is 2.40. The van der Waals surface area contributed by atoms with Crippen molar-refractivity contribution in [3.8, 4) is 6.07 Å². The summed E-state index contributed by atoms with van der Waals surface area (Å²) < 4.78 is 5.56. The summed E-state index contributed by atoms with van der Waals surface area (Å²) in [7, 11) is 2.01. The van der Waals surface area contributed by atoms with Gasteiger partial charge in [-0.05, 0) is 32.4 Å². The van der Waals surface area contributed by atoms with Crippen LogP contribution >= 0.6 is 0 Å². The van der Waals surface area contributed by atoms with Crippen LogP contribution in [-0.2, 0) is 4.74 Å². The number of nitriles is 1. The van der Waals surface area contributed by atoms with Crippen molar-refractivity contribution in [1.29, 1.82) is 5.26 Å². The summed E-state index contributed by atoms with van der Waals surface area (Å²) in [6.45, 7) is 4.79. The largest absolute Gasteiger partial charge is 0.376 e. The molecular weight excluding hydrogens is 214 g/mol. The summed E-state index contributed by atoms with van der Waals surface area (Å²) in [5, 5.41) is 8.96. The number of likely N-dealkylation sites (N-methyl/N-ethyl adjacent to an activating group) is 1. The summed E-state index contributed by atoms with van der Waals surface area (Å²) in [4.78, 5) is 6.60. The van der Waals surface area contributed by atoms with Crippen LogP contribution in [0.1, 0.15) is 24.6 Å². The average Bonchev–Trinajstić information content (AvgIpc) is 2.73. The van der Waals surface area contributed by atoms with Gasteiger partial charge >= 0.3 is 0 Å². The molecule has 2 atom stereocenters. The number of hydrogen-bond donors (Lipinski definition) is 0. The predicted molar refractivity (Wildman–Crippen MR) is 65.9 cm³/mol. The molecule has 0 aromatic carbocycles. The topological polar surface area (TPSA) is 49.2 Å².